The molecule has 0 aliphatic carbocycles. The van der Waals surface area contributed by atoms with Crippen molar-refractivity contribution < 1.29 is 17.9 Å². The van der Waals surface area contributed by atoms with Crippen molar-refractivity contribution in [1.82, 2.24) is 15.6 Å². The highest BCUT2D eigenvalue weighted by atomic mass is 127. The monoisotopic (exact) mass is 452 g/mol. The first kappa shape index (κ1) is 21.4. The van der Waals surface area contributed by atoms with Crippen LogP contribution in [0.15, 0.2) is 11.2 Å². The maximum atomic E-state index is 11.8. The minimum absolute atomic E-state index is 0. The largest absolute Gasteiger partial charge is 0.411 e. The highest BCUT2D eigenvalue weighted by molar-refractivity contribution is 14.0. The smallest absolute Gasteiger partial charge is 0.372 e. The second-order valence-electron chi connectivity index (χ2n) is 4.24. The van der Waals surface area contributed by atoms with Gasteiger partial charge >= 0.3 is 6.18 Å². The molecule has 128 valence electrons. The highest BCUT2D eigenvalue weighted by Crippen LogP contribution is 2.14. The number of ether oxygens (including phenoxy) is 1. The average Bonchev–Trinajstić information content (AvgIpc) is 2.81. The fourth-order valence-electron chi connectivity index (χ4n) is 1.43. The van der Waals surface area contributed by atoms with Crippen LogP contribution in [0.4, 0.5) is 13.2 Å². The van der Waals surface area contributed by atoms with E-state index in [9.17, 15) is 13.2 Å². The molecule has 2 N–H and O–H groups in total. The van der Waals surface area contributed by atoms with Gasteiger partial charge in [0.25, 0.3) is 0 Å². The molecule has 0 aliphatic heterocycles. The Hall–Kier alpha value is -0.620. The second-order valence-corrected chi connectivity index (χ2v) is 5.56. The van der Waals surface area contributed by atoms with Crippen molar-refractivity contribution in [3.8, 4) is 0 Å². The van der Waals surface area contributed by atoms with Crippen LogP contribution < -0.4 is 10.6 Å². The fourth-order valence-corrected chi connectivity index (χ4v) is 2.16. The summed E-state index contributed by atoms with van der Waals surface area (Å²) in [6.07, 6.45) is -2.00. The minimum Gasteiger partial charge on any atom is -0.372 e. The van der Waals surface area contributed by atoms with E-state index in [0.29, 0.717) is 25.5 Å². The van der Waals surface area contributed by atoms with E-state index in [1.54, 1.807) is 24.6 Å². The van der Waals surface area contributed by atoms with Crippen molar-refractivity contribution in [2.45, 2.75) is 26.1 Å². The van der Waals surface area contributed by atoms with Gasteiger partial charge in [-0.2, -0.15) is 13.2 Å². The van der Waals surface area contributed by atoms with Crippen molar-refractivity contribution in [1.29, 1.82) is 0 Å². The Balaban J connectivity index is 0.00000441. The lowest BCUT2D eigenvalue weighted by Gasteiger charge is -2.11. The van der Waals surface area contributed by atoms with Gasteiger partial charge in [-0.05, 0) is 13.3 Å². The summed E-state index contributed by atoms with van der Waals surface area (Å²) in [7, 11) is 1.63. The van der Waals surface area contributed by atoms with E-state index in [4.69, 9.17) is 0 Å². The molecule has 0 amide bonds. The van der Waals surface area contributed by atoms with Gasteiger partial charge in [-0.1, -0.05) is 0 Å². The van der Waals surface area contributed by atoms with Crippen LogP contribution in [0.3, 0.4) is 0 Å². The Morgan fingerprint density at radius 1 is 1.41 bits per heavy atom. The standard InChI is InChI=1S/C12H19F3N4OS.HI/c1-9-6-18-10(21-9)7-19-11(16-2)17-4-3-5-20-8-12(13,14)15;/h6H,3-5,7-8H2,1-2H3,(H2,16,17,19);1H. The van der Waals surface area contributed by atoms with Crippen LogP contribution in [0.5, 0.6) is 0 Å². The van der Waals surface area contributed by atoms with E-state index < -0.39 is 12.8 Å². The third-order valence-electron chi connectivity index (χ3n) is 2.32. The van der Waals surface area contributed by atoms with Gasteiger partial charge in [0, 0.05) is 31.3 Å². The maximum Gasteiger partial charge on any atom is 0.411 e. The van der Waals surface area contributed by atoms with Gasteiger partial charge in [0.05, 0.1) is 6.54 Å². The van der Waals surface area contributed by atoms with Gasteiger partial charge in [0.1, 0.15) is 11.6 Å². The molecule has 5 nitrogen and oxygen atoms in total. The number of thiazole rings is 1. The van der Waals surface area contributed by atoms with E-state index >= 15 is 0 Å². The van der Waals surface area contributed by atoms with Gasteiger partial charge in [-0.25, -0.2) is 4.98 Å². The predicted octanol–water partition coefficient (Wildman–Crippen LogP) is 2.70. The molecule has 0 atom stereocenters. The lowest BCUT2D eigenvalue weighted by Crippen LogP contribution is -2.37. The number of hydrogen-bond donors (Lipinski definition) is 2. The summed E-state index contributed by atoms with van der Waals surface area (Å²) in [6.45, 7) is 1.87. The maximum absolute atomic E-state index is 11.8. The summed E-state index contributed by atoms with van der Waals surface area (Å²) in [6, 6.07) is 0. The summed E-state index contributed by atoms with van der Waals surface area (Å²) in [5.41, 5.74) is 0. The number of alkyl halides is 3. The number of nitrogens with one attached hydrogen (secondary N) is 2. The number of hydrogen-bond acceptors (Lipinski definition) is 4. The molecule has 0 radical (unpaired) electrons. The molecular weight excluding hydrogens is 432 g/mol. The number of aromatic nitrogens is 1. The Morgan fingerprint density at radius 3 is 2.68 bits per heavy atom. The average molecular weight is 452 g/mol. The molecule has 0 unspecified atom stereocenters. The predicted molar refractivity (Wildman–Crippen MR) is 92.0 cm³/mol. The van der Waals surface area contributed by atoms with E-state index in [1.807, 2.05) is 6.92 Å². The van der Waals surface area contributed by atoms with Gasteiger partial charge in [0.2, 0.25) is 0 Å². The second kappa shape index (κ2) is 11.0. The molecular formula is C12H20F3IN4OS. The molecule has 1 rings (SSSR count). The van der Waals surface area contributed by atoms with Crippen molar-refractivity contribution in [2.24, 2.45) is 4.99 Å². The highest BCUT2D eigenvalue weighted by Gasteiger charge is 2.27. The van der Waals surface area contributed by atoms with Gasteiger partial charge < -0.3 is 15.4 Å². The van der Waals surface area contributed by atoms with Crippen LogP contribution in [-0.4, -0.2) is 43.9 Å². The van der Waals surface area contributed by atoms with Crippen molar-refractivity contribution in [3.63, 3.8) is 0 Å². The van der Waals surface area contributed by atoms with Crippen LogP contribution in [-0.2, 0) is 11.3 Å². The Morgan fingerprint density at radius 2 is 2.14 bits per heavy atom. The summed E-state index contributed by atoms with van der Waals surface area (Å²) >= 11 is 1.59. The lowest BCUT2D eigenvalue weighted by molar-refractivity contribution is -0.173. The van der Waals surface area contributed by atoms with E-state index in [-0.39, 0.29) is 30.6 Å². The molecule has 0 fully saturated rings. The molecule has 0 spiro atoms. The van der Waals surface area contributed by atoms with Crippen LogP contribution in [0, 0.1) is 6.92 Å². The van der Waals surface area contributed by atoms with Crippen molar-refractivity contribution in [2.75, 3.05) is 26.8 Å². The van der Waals surface area contributed by atoms with Crippen LogP contribution in [0.25, 0.3) is 0 Å². The van der Waals surface area contributed by atoms with Gasteiger partial charge in [0.15, 0.2) is 5.96 Å². The van der Waals surface area contributed by atoms with Crippen molar-refractivity contribution >= 4 is 41.3 Å². The number of nitrogens with zero attached hydrogens (tertiary/aromatic N) is 2. The molecule has 0 saturated heterocycles. The van der Waals surface area contributed by atoms with E-state index in [1.165, 1.54) is 0 Å². The number of halogens is 4. The fraction of sp³-hybridized carbons (Fsp3) is 0.667. The number of rotatable bonds is 7. The van der Waals surface area contributed by atoms with Gasteiger partial charge in [-0.3, -0.25) is 4.99 Å². The zero-order chi connectivity index (χ0) is 15.7. The zero-order valence-corrected chi connectivity index (χ0v) is 15.5. The SMILES string of the molecule is CN=C(NCCCOCC(F)(F)F)NCc1ncc(C)s1.I. The summed E-state index contributed by atoms with van der Waals surface area (Å²) in [5.74, 6) is 0.582. The van der Waals surface area contributed by atoms with Crippen LogP contribution in [0.2, 0.25) is 0 Å². The quantitative estimate of drug-likeness (QED) is 0.289. The molecule has 0 bridgehead atoms. The summed E-state index contributed by atoms with van der Waals surface area (Å²) in [5, 5.41) is 7.03. The zero-order valence-electron chi connectivity index (χ0n) is 12.4. The molecule has 0 saturated carbocycles. The third-order valence-corrected chi connectivity index (χ3v) is 3.24. The van der Waals surface area contributed by atoms with Crippen LogP contribution >= 0.6 is 35.3 Å². The molecule has 0 aromatic carbocycles. The molecule has 0 aliphatic rings. The molecule has 1 heterocycles. The molecule has 1 aromatic rings. The first-order valence-corrected chi connectivity index (χ1v) is 7.22. The van der Waals surface area contributed by atoms with Crippen LogP contribution in [0.1, 0.15) is 16.3 Å². The Kier molecular flexibility index (Phi) is 10.7. The minimum atomic E-state index is -4.27. The lowest BCUT2D eigenvalue weighted by atomic mass is 10.4. The molecule has 22 heavy (non-hydrogen) atoms. The summed E-state index contributed by atoms with van der Waals surface area (Å²) < 4.78 is 40.0. The number of aryl methyl sites for hydroxylation is 1. The van der Waals surface area contributed by atoms with Gasteiger partial charge in [-0.15, -0.1) is 35.3 Å². The molecule has 10 heteroatoms. The summed E-state index contributed by atoms with van der Waals surface area (Å²) in [4.78, 5) is 9.37. The van der Waals surface area contributed by atoms with E-state index in [2.05, 4.69) is 25.3 Å². The topological polar surface area (TPSA) is 58.5 Å². The molecule has 1 aromatic heterocycles. The first-order chi connectivity index (χ1) is 9.90. The Bertz CT molecular complexity index is 454. The third kappa shape index (κ3) is 10.2. The normalized spacial score (nSPS) is 12.0. The first-order valence-electron chi connectivity index (χ1n) is 6.41. The number of guanidine groups is 1. The number of aliphatic imine (C=N–C) groups is 1. The van der Waals surface area contributed by atoms with Crippen molar-refractivity contribution in [3.05, 3.63) is 16.1 Å². The Labute approximate surface area is 148 Å². The van der Waals surface area contributed by atoms with E-state index in [0.717, 1.165) is 9.88 Å².